The molecule has 4 N–H and O–H groups in total. The molecule has 60 valence electrons. The molecule has 1 rings (SSSR count). The number of nitrogens with two attached hydrogens (primary N) is 2. The summed E-state index contributed by atoms with van der Waals surface area (Å²) in [6.07, 6.45) is 2.18. The Hall–Kier alpha value is -0.120. The highest BCUT2D eigenvalue weighted by molar-refractivity contribution is 4.64. The average Bonchev–Trinajstić information content (AvgIpc) is 1.96. The summed E-state index contributed by atoms with van der Waals surface area (Å²) in [5.41, 5.74) is 5.74. The molecule has 1 saturated heterocycles. The van der Waals surface area contributed by atoms with Gasteiger partial charge < -0.3 is 5.73 Å². The molecule has 0 unspecified atom stereocenters. The minimum atomic E-state index is 0.404. The summed E-state index contributed by atoms with van der Waals surface area (Å²) >= 11 is 0. The summed E-state index contributed by atoms with van der Waals surface area (Å²) in [6, 6.07) is 0.404. The molecule has 1 heterocycles. The minimum absolute atomic E-state index is 0.404. The third kappa shape index (κ3) is 1.68. The van der Waals surface area contributed by atoms with Gasteiger partial charge in [-0.05, 0) is 6.92 Å². The van der Waals surface area contributed by atoms with E-state index in [1.54, 1.807) is 0 Å². The van der Waals surface area contributed by atoms with Crippen LogP contribution < -0.4 is 11.6 Å². The zero-order valence-electron chi connectivity index (χ0n) is 6.71. The van der Waals surface area contributed by atoms with E-state index in [1.165, 1.54) is 0 Å². The lowest BCUT2D eigenvalue weighted by molar-refractivity contribution is -0.942. The summed E-state index contributed by atoms with van der Waals surface area (Å²) in [6.45, 7) is 5.28. The van der Waals surface area contributed by atoms with Crippen LogP contribution in [0.4, 0.5) is 0 Å². The van der Waals surface area contributed by atoms with Crippen LogP contribution in [-0.4, -0.2) is 30.3 Å². The van der Waals surface area contributed by atoms with Crippen molar-refractivity contribution in [3.8, 4) is 0 Å². The van der Waals surface area contributed by atoms with Gasteiger partial charge in [-0.3, -0.25) is 0 Å². The maximum atomic E-state index is 6.00. The molecule has 3 heteroatoms. The van der Waals surface area contributed by atoms with Crippen LogP contribution in [-0.2, 0) is 0 Å². The molecular weight excluding hydrogens is 126 g/mol. The topological polar surface area (TPSA) is 52.0 Å². The van der Waals surface area contributed by atoms with Crippen molar-refractivity contribution in [2.45, 2.75) is 25.8 Å². The van der Waals surface area contributed by atoms with Crippen molar-refractivity contribution in [1.82, 2.24) is 0 Å². The van der Waals surface area contributed by atoms with Crippen molar-refractivity contribution in [3.63, 3.8) is 0 Å². The first-order valence-electron chi connectivity index (χ1n) is 4.06. The smallest absolute Gasteiger partial charge is 0.0975 e. The van der Waals surface area contributed by atoms with Crippen LogP contribution in [0, 0.1) is 0 Å². The first-order chi connectivity index (χ1) is 4.66. The molecule has 0 radical (unpaired) electrons. The van der Waals surface area contributed by atoms with Gasteiger partial charge in [-0.25, -0.2) is 4.59 Å². The van der Waals surface area contributed by atoms with Crippen LogP contribution in [0.2, 0.25) is 0 Å². The molecule has 1 fully saturated rings. The highest BCUT2D eigenvalue weighted by Crippen LogP contribution is 2.11. The molecule has 1 aliphatic rings. The van der Waals surface area contributed by atoms with Crippen molar-refractivity contribution in [2.75, 3.05) is 19.6 Å². The predicted molar refractivity (Wildman–Crippen MR) is 41.9 cm³/mol. The molecule has 0 spiro atoms. The van der Waals surface area contributed by atoms with Gasteiger partial charge in [0.05, 0.1) is 19.6 Å². The van der Waals surface area contributed by atoms with Crippen molar-refractivity contribution in [1.29, 1.82) is 0 Å². The minimum Gasteiger partial charge on any atom is -0.327 e. The monoisotopic (exact) mass is 144 g/mol. The Bertz CT molecular complexity index is 105. The van der Waals surface area contributed by atoms with Crippen molar-refractivity contribution in [3.05, 3.63) is 0 Å². The zero-order valence-corrected chi connectivity index (χ0v) is 6.71. The summed E-state index contributed by atoms with van der Waals surface area (Å²) in [5, 5.41) is 0. The SMILES string of the molecule is CC[N+]1(N)CCC(N)CC1. The molecule has 0 aromatic heterocycles. The second-order valence-corrected chi connectivity index (χ2v) is 3.32. The Kier molecular flexibility index (Phi) is 2.28. The molecule has 0 bridgehead atoms. The molecule has 0 aromatic rings. The Labute approximate surface area is 62.5 Å². The van der Waals surface area contributed by atoms with Gasteiger partial charge >= 0.3 is 0 Å². The predicted octanol–water partition coefficient (Wildman–Crippen LogP) is -0.182. The van der Waals surface area contributed by atoms with Gasteiger partial charge in [0.2, 0.25) is 0 Å². The number of nitrogens with zero attached hydrogens (tertiary/aromatic N) is 1. The van der Waals surface area contributed by atoms with E-state index in [-0.39, 0.29) is 0 Å². The van der Waals surface area contributed by atoms with Crippen LogP contribution >= 0.6 is 0 Å². The molecule has 0 aromatic carbocycles. The Balaban J connectivity index is 2.38. The lowest BCUT2D eigenvalue weighted by Gasteiger charge is -2.37. The highest BCUT2D eigenvalue weighted by atomic mass is 15.6. The summed E-state index contributed by atoms with van der Waals surface area (Å²) < 4.78 is 0.730. The molecule has 0 atom stereocenters. The number of rotatable bonds is 1. The van der Waals surface area contributed by atoms with Gasteiger partial charge in [-0.1, -0.05) is 0 Å². The summed E-state index contributed by atoms with van der Waals surface area (Å²) in [5.74, 6) is 6.00. The Morgan fingerprint density at radius 1 is 1.40 bits per heavy atom. The van der Waals surface area contributed by atoms with E-state index < -0.39 is 0 Å². The van der Waals surface area contributed by atoms with E-state index in [0.717, 1.165) is 37.1 Å². The second-order valence-electron chi connectivity index (χ2n) is 3.32. The van der Waals surface area contributed by atoms with Gasteiger partial charge in [0.25, 0.3) is 0 Å². The van der Waals surface area contributed by atoms with Crippen LogP contribution in [0.3, 0.4) is 0 Å². The van der Waals surface area contributed by atoms with E-state index in [1.807, 2.05) is 0 Å². The van der Waals surface area contributed by atoms with Crippen molar-refractivity contribution >= 4 is 0 Å². The molecule has 10 heavy (non-hydrogen) atoms. The average molecular weight is 144 g/mol. The molecule has 3 nitrogen and oxygen atoms in total. The quantitative estimate of drug-likeness (QED) is 0.396. The zero-order chi connectivity index (χ0) is 7.61. The number of likely N-dealkylation sites (tertiary alicyclic amines) is 1. The number of hydrogen-bond acceptors (Lipinski definition) is 2. The lowest BCUT2D eigenvalue weighted by Crippen LogP contribution is -2.60. The van der Waals surface area contributed by atoms with Crippen molar-refractivity contribution < 1.29 is 4.59 Å². The highest BCUT2D eigenvalue weighted by Gasteiger charge is 2.27. The maximum Gasteiger partial charge on any atom is 0.0975 e. The molecule has 0 saturated carbocycles. The third-order valence-electron chi connectivity index (χ3n) is 2.52. The summed E-state index contributed by atoms with van der Waals surface area (Å²) in [7, 11) is 0. The first-order valence-corrected chi connectivity index (χ1v) is 4.06. The Morgan fingerprint density at radius 3 is 2.30 bits per heavy atom. The number of quaternary nitrogens is 1. The van der Waals surface area contributed by atoms with E-state index in [2.05, 4.69) is 6.92 Å². The van der Waals surface area contributed by atoms with Crippen LogP contribution in [0.5, 0.6) is 0 Å². The van der Waals surface area contributed by atoms with Crippen molar-refractivity contribution in [2.24, 2.45) is 11.6 Å². The molecule has 1 aliphatic heterocycles. The maximum absolute atomic E-state index is 6.00. The van der Waals surface area contributed by atoms with Crippen LogP contribution in [0.25, 0.3) is 0 Å². The fourth-order valence-electron chi connectivity index (χ4n) is 1.42. The fraction of sp³-hybridized carbons (Fsp3) is 1.00. The fourth-order valence-corrected chi connectivity index (χ4v) is 1.42. The van der Waals surface area contributed by atoms with Gasteiger partial charge in [0.15, 0.2) is 0 Å². The van der Waals surface area contributed by atoms with Gasteiger partial charge in [0, 0.05) is 18.9 Å². The number of piperidine rings is 1. The number of hydrogen-bond donors (Lipinski definition) is 2. The molecule has 0 aliphatic carbocycles. The van der Waals surface area contributed by atoms with E-state index in [9.17, 15) is 0 Å². The standard InChI is InChI=1S/C7H18N3/c1-2-10(9)5-3-7(8)4-6-10/h7H,2-6,8-9H2,1H3/q+1. The van der Waals surface area contributed by atoms with Crippen LogP contribution in [0.1, 0.15) is 19.8 Å². The second kappa shape index (κ2) is 2.86. The van der Waals surface area contributed by atoms with E-state index in [0.29, 0.717) is 6.04 Å². The molecule has 0 amide bonds. The largest absolute Gasteiger partial charge is 0.327 e. The molecular formula is C7H18N3+. The van der Waals surface area contributed by atoms with Gasteiger partial charge in [-0.2, -0.15) is 5.84 Å². The van der Waals surface area contributed by atoms with E-state index in [4.69, 9.17) is 11.6 Å². The lowest BCUT2D eigenvalue weighted by atomic mass is 10.1. The Morgan fingerprint density at radius 2 is 1.90 bits per heavy atom. The van der Waals surface area contributed by atoms with Gasteiger partial charge in [0.1, 0.15) is 0 Å². The third-order valence-corrected chi connectivity index (χ3v) is 2.52. The summed E-state index contributed by atoms with van der Waals surface area (Å²) in [4.78, 5) is 0. The van der Waals surface area contributed by atoms with Gasteiger partial charge in [-0.15, -0.1) is 0 Å². The van der Waals surface area contributed by atoms with Crippen LogP contribution in [0.15, 0.2) is 0 Å². The van der Waals surface area contributed by atoms with E-state index >= 15 is 0 Å². The first kappa shape index (κ1) is 7.98. The normalized spacial score (nSPS) is 41.7.